The average Bonchev–Trinajstić information content (AvgIpc) is 1.41. The Morgan fingerprint density at radius 1 is 1.29 bits per heavy atom. The molecule has 5 heteroatoms. The van der Waals surface area contributed by atoms with Gasteiger partial charge in [0, 0.05) is 14.1 Å². The van der Waals surface area contributed by atoms with Crippen molar-refractivity contribution in [3.05, 3.63) is 0 Å². The van der Waals surface area contributed by atoms with Crippen LogP contribution in [0.3, 0.4) is 0 Å². The Labute approximate surface area is 48.9 Å². The fourth-order valence-electron chi connectivity index (χ4n) is 0. The van der Waals surface area contributed by atoms with E-state index in [1.165, 1.54) is 0 Å². The first-order valence-electron chi connectivity index (χ1n) is 1.35. The smallest absolute Gasteiger partial charge is 0.0121 e. The van der Waals surface area contributed by atoms with Crippen molar-refractivity contribution in [1.29, 1.82) is 0 Å². The van der Waals surface area contributed by atoms with E-state index in [2.05, 4.69) is 5.90 Å². The second-order valence-electron chi connectivity index (χ2n) is 0.847. The summed E-state index contributed by atoms with van der Waals surface area (Å²) < 4.78 is 0. The third-order valence-electron chi connectivity index (χ3n) is 0. The molecule has 0 rings (SSSR count). The van der Waals surface area contributed by atoms with Gasteiger partial charge in [-0.2, -0.15) is 5.06 Å². The van der Waals surface area contributed by atoms with E-state index in [4.69, 9.17) is 10.4 Å². The lowest BCUT2D eigenvalue weighted by Gasteiger charge is -1.89. The van der Waals surface area contributed by atoms with Crippen molar-refractivity contribution in [2.24, 2.45) is 5.90 Å². The Balaban J connectivity index is -0.0000000480. The molecule has 0 radical (unpaired) electrons. The minimum Gasteiger partial charge on any atom is -0.320 e. The molecule has 0 unspecified atom stereocenters. The van der Waals surface area contributed by atoms with Crippen molar-refractivity contribution in [2.75, 3.05) is 14.1 Å². The summed E-state index contributed by atoms with van der Waals surface area (Å²) in [5.41, 5.74) is 0. The molecule has 0 heterocycles. The van der Waals surface area contributed by atoms with Gasteiger partial charge in [0.25, 0.3) is 0 Å². The SMILES string of the molecule is CN(C)O.Cl.NO. The van der Waals surface area contributed by atoms with Crippen LogP contribution in [-0.4, -0.2) is 29.6 Å². The lowest BCUT2D eigenvalue weighted by atomic mass is 11.2. The van der Waals surface area contributed by atoms with Crippen molar-refractivity contribution in [3.63, 3.8) is 0 Å². The highest BCUT2D eigenvalue weighted by molar-refractivity contribution is 5.85. The van der Waals surface area contributed by atoms with E-state index in [0.29, 0.717) is 0 Å². The van der Waals surface area contributed by atoms with Crippen LogP contribution in [-0.2, 0) is 0 Å². The van der Waals surface area contributed by atoms with Gasteiger partial charge < -0.3 is 10.4 Å². The van der Waals surface area contributed by atoms with Crippen molar-refractivity contribution in [1.82, 2.24) is 5.06 Å². The molecule has 0 bridgehead atoms. The molecule has 0 aromatic rings. The van der Waals surface area contributed by atoms with Gasteiger partial charge in [0.15, 0.2) is 0 Å². The van der Waals surface area contributed by atoms with Gasteiger partial charge in [-0.25, -0.2) is 5.90 Å². The maximum atomic E-state index is 7.89. The highest BCUT2D eigenvalue weighted by Crippen LogP contribution is 1.46. The lowest BCUT2D eigenvalue weighted by molar-refractivity contribution is -0.0372. The van der Waals surface area contributed by atoms with Crippen LogP contribution in [0.25, 0.3) is 0 Å². The predicted octanol–water partition coefficient (Wildman–Crippen LogP) is -0.307. The number of hydrogen-bond donors (Lipinski definition) is 3. The molecule has 0 spiro atoms. The van der Waals surface area contributed by atoms with Gasteiger partial charge in [0.1, 0.15) is 0 Å². The zero-order valence-electron chi connectivity index (χ0n) is 4.33. The molecule has 0 fully saturated rings. The van der Waals surface area contributed by atoms with Crippen LogP contribution in [0.15, 0.2) is 0 Å². The van der Waals surface area contributed by atoms with Crippen molar-refractivity contribution < 1.29 is 10.4 Å². The summed E-state index contributed by atoms with van der Waals surface area (Å²) in [6.07, 6.45) is 0. The zero-order valence-corrected chi connectivity index (χ0v) is 5.14. The van der Waals surface area contributed by atoms with Gasteiger partial charge in [-0.15, -0.1) is 12.4 Å². The molecule has 0 amide bonds. The molecule has 0 aromatic carbocycles. The predicted molar refractivity (Wildman–Crippen MR) is 28.7 cm³/mol. The second kappa shape index (κ2) is 16.5. The van der Waals surface area contributed by atoms with Crippen molar-refractivity contribution >= 4 is 12.4 Å². The highest BCUT2D eigenvalue weighted by Gasteiger charge is 1.59. The molecule has 0 saturated heterocycles. The van der Waals surface area contributed by atoms with Gasteiger partial charge in [-0.1, -0.05) is 0 Å². The minimum absolute atomic E-state index is 0. The molecule has 0 saturated carbocycles. The van der Waals surface area contributed by atoms with E-state index < -0.39 is 0 Å². The van der Waals surface area contributed by atoms with Crippen LogP contribution >= 0.6 is 12.4 Å². The molecule has 7 heavy (non-hydrogen) atoms. The van der Waals surface area contributed by atoms with E-state index in [9.17, 15) is 0 Å². The monoisotopic (exact) mass is 130 g/mol. The van der Waals surface area contributed by atoms with Crippen LogP contribution < -0.4 is 5.90 Å². The Morgan fingerprint density at radius 2 is 1.29 bits per heavy atom. The normalized spacial score (nSPS) is 6.00. The fourth-order valence-corrected chi connectivity index (χ4v) is 0. The van der Waals surface area contributed by atoms with Crippen LogP contribution in [0.1, 0.15) is 0 Å². The quantitative estimate of drug-likeness (QED) is 0.394. The van der Waals surface area contributed by atoms with Crippen LogP contribution in [0.2, 0.25) is 0 Å². The standard InChI is InChI=1S/C2H7NO.ClH.H3NO/c1-3(2)4;;1-2/h4H,1-2H3;1H;2H,1H2. The summed E-state index contributed by atoms with van der Waals surface area (Å²) in [6, 6.07) is 0. The van der Waals surface area contributed by atoms with E-state index in [1.54, 1.807) is 14.1 Å². The third kappa shape index (κ3) is 6190. The first-order chi connectivity index (χ1) is 2.73. The van der Waals surface area contributed by atoms with Gasteiger partial charge in [0.2, 0.25) is 0 Å². The number of nitrogens with two attached hydrogens (primary N) is 1. The summed E-state index contributed by atoms with van der Waals surface area (Å²) >= 11 is 0. The van der Waals surface area contributed by atoms with Gasteiger partial charge >= 0.3 is 0 Å². The zero-order chi connectivity index (χ0) is 5.58. The molecule has 0 aromatic heterocycles. The molecule has 48 valence electrons. The van der Waals surface area contributed by atoms with Crippen LogP contribution in [0.4, 0.5) is 0 Å². The average molecular weight is 131 g/mol. The second-order valence-corrected chi connectivity index (χ2v) is 0.847. The number of rotatable bonds is 0. The Hall–Kier alpha value is 0.130. The largest absolute Gasteiger partial charge is 0.320 e. The lowest BCUT2D eigenvalue weighted by Crippen LogP contribution is -2.01. The van der Waals surface area contributed by atoms with Gasteiger partial charge in [0.05, 0.1) is 0 Å². The Morgan fingerprint density at radius 3 is 1.29 bits per heavy atom. The van der Waals surface area contributed by atoms with Gasteiger partial charge in [-0.05, 0) is 0 Å². The molecule has 0 aliphatic carbocycles. The molecule has 0 aliphatic heterocycles. The Bertz CT molecular complexity index is 18.4. The number of hydrogen-bond acceptors (Lipinski definition) is 4. The molecule has 0 aliphatic rings. The van der Waals surface area contributed by atoms with E-state index in [-0.39, 0.29) is 12.4 Å². The number of hydroxylamine groups is 2. The van der Waals surface area contributed by atoms with E-state index >= 15 is 0 Å². The number of nitrogens with zero attached hydrogens (tertiary/aromatic N) is 1. The minimum atomic E-state index is 0. The Kier molecular flexibility index (Phi) is 37.0. The highest BCUT2D eigenvalue weighted by atomic mass is 35.5. The fraction of sp³-hybridized carbons (Fsp3) is 1.00. The summed E-state index contributed by atoms with van der Waals surface area (Å²) in [6.45, 7) is 0. The van der Waals surface area contributed by atoms with Crippen molar-refractivity contribution in [2.45, 2.75) is 0 Å². The van der Waals surface area contributed by atoms with Crippen LogP contribution in [0.5, 0.6) is 0 Å². The van der Waals surface area contributed by atoms with Gasteiger partial charge in [-0.3, -0.25) is 0 Å². The third-order valence-corrected chi connectivity index (χ3v) is 0. The number of halogens is 1. The summed E-state index contributed by atoms with van der Waals surface area (Å²) in [5.74, 6) is 3.50. The van der Waals surface area contributed by atoms with Crippen LogP contribution in [0, 0.1) is 0 Å². The summed E-state index contributed by atoms with van der Waals surface area (Å²) in [4.78, 5) is 0. The molecule has 4 N–H and O–H groups in total. The first-order valence-corrected chi connectivity index (χ1v) is 1.35. The molecule has 4 nitrogen and oxygen atoms in total. The molecular formula is C2H11ClN2O2. The van der Waals surface area contributed by atoms with E-state index in [0.717, 1.165) is 5.06 Å². The molecule has 0 atom stereocenters. The van der Waals surface area contributed by atoms with E-state index in [1.807, 2.05) is 0 Å². The summed E-state index contributed by atoms with van der Waals surface area (Å²) in [7, 11) is 3.11. The topological polar surface area (TPSA) is 69.7 Å². The maximum absolute atomic E-state index is 7.89. The first kappa shape index (κ1) is 15.7. The molecular weight excluding hydrogens is 119 g/mol. The summed E-state index contributed by atoms with van der Waals surface area (Å²) in [5, 5.41) is 15.4. The van der Waals surface area contributed by atoms with Crippen molar-refractivity contribution in [3.8, 4) is 0 Å². The maximum Gasteiger partial charge on any atom is 0.0121 e.